The van der Waals surface area contributed by atoms with E-state index in [0.29, 0.717) is 11.4 Å². The van der Waals surface area contributed by atoms with Crippen molar-refractivity contribution in [2.24, 2.45) is 0 Å². The summed E-state index contributed by atoms with van der Waals surface area (Å²) in [5.41, 5.74) is 0.969. The van der Waals surface area contributed by atoms with Crippen molar-refractivity contribution < 1.29 is 4.79 Å². The van der Waals surface area contributed by atoms with E-state index in [2.05, 4.69) is 27.8 Å². The van der Waals surface area contributed by atoms with Gasteiger partial charge >= 0.3 is 0 Å². The van der Waals surface area contributed by atoms with Crippen molar-refractivity contribution >= 4 is 33.4 Å². The van der Waals surface area contributed by atoms with Crippen LogP contribution >= 0.6 is 27.5 Å². The predicted molar refractivity (Wildman–Crippen MR) is 81.6 cm³/mol. The van der Waals surface area contributed by atoms with Gasteiger partial charge in [-0.05, 0) is 40.2 Å². The number of carbonyl (C=O) groups excluding carboxylic acids is 1. The van der Waals surface area contributed by atoms with Crippen LogP contribution in [-0.4, -0.2) is 48.4 Å². The van der Waals surface area contributed by atoms with Crippen molar-refractivity contribution in [3.8, 4) is 0 Å². The molecule has 1 aromatic carbocycles. The zero-order valence-corrected chi connectivity index (χ0v) is 13.4. The van der Waals surface area contributed by atoms with E-state index in [-0.39, 0.29) is 5.91 Å². The normalized spacial score (nSPS) is 16.7. The number of benzene rings is 1. The smallest absolute Gasteiger partial charge is 0.227 e. The molecular weight excluding hydrogens is 328 g/mol. The van der Waals surface area contributed by atoms with Crippen LogP contribution in [0.1, 0.15) is 12.5 Å². The molecule has 0 N–H and O–H groups in total. The largest absolute Gasteiger partial charge is 0.340 e. The first-order valence-electron chi connectivity index (χ1n) is 6.54. The Labute approximate surface area is 127 Å². The summed E-state index contributed by atoms with van der Waals surface area (Å²) in [5, 5.41) is 0.654. The van der Waals surface area contributed by atoms with Gasteiger partial charge in [-0.1, -0.05) is 24.6 Å². The molecule has 0 aliphatic carbocycles. The first-order chi connectivity index (χ1) is 9.10. The Hall–Kier alpha value is -0.580. The summed E-state index contributed by atoms with van der Waals surface area (Å²) < 4.78 is 0.863. The van der Waals surface area contributed by atoms with Gasteiger partial charge in [0.1, 0.15) is 0 Å². The van der Waals surface area contributed by atoms with E-state index in [9.17, 15) is 4.79 Å². The molecule has 19 heavy (non-hydrogen) atoms. The third-order valence-electron chi connectivity index (χ3n) is 3.51. The lowest BCUT2D eigenvalue weighted by atomic mass is 10.1. The Balaban J connectivity index is 1.92. The van der Waals surface area contributed by atoms with Crippen LogP contribution in [0, 0.1) is 0 Å². The molecule has 0 bridgehead atoms. The zero-order chi connectivity index (χ0) is 13.8. The Morgan fingerprint density at radius 1 is 1.32 bits per heavy atom. The van der Waals surface area contributed by atoms with Crippen LogP contribution < -0.4 is 0 Å². The highest BCUT2D eigenvalue weighted by atomic mass is 79.9. The van der Waals surface area contributed by atoms with E-state index in [1.165, 1.54) is 0 Å². The lowest BCUT2D eigenvalue weighted by molar-refractivity contribution is -0.132. The average molecular weight is 346 g/mol. The third-order valence-corrected chi connectivity index (χ3v) is 4.74. The number of likely N-dealkylation sites (N-methyl/N-ethyl adjacent to an activating group) is 1. The van der Waals surface area contributed by atoms with E-state index in [0.717, 1.165) is 42.8 Å². The summed E-state index contributed by atoms with van der Waals surface area (Å²) in [7, 11) is 0. The van der Waals surface area contributed by atoms with E-state index < -0.39 is 0 Å². The van der Waals surface area contributed by atoms with Crippen molar-refractivity contribution in [2.45, 2.75) is 13.3 Å². The Morgan fingerprint density at radius 3 is 2.58 bits per heavy atom. The highest BCUT2D eigenvalue weighted by molar-refractivity contribution is 9.10. The summed E-state index contributed by atoms with van der Waals surface area (Å²) in [6.07, 6.45) is 0.430. The van der Waals surface area contributed by atoms with Crippen molar-refractivity contribution in [2.75, 3.05) is 32.7 Å². The molecule has 3 nitrogen and oxygen atoms in total. The molecule has 104 valence electrons. The molecule has 1 fully saturated rings. The SMILES string of the molecule is CCN1CCN(C(=O)Cc2ccc(Br)c(Cl)c2)CC1. The topological polar surface area (TPSA) is 23.6 Å². The average Bonchev–Trinajstić information content (AvgIpc) is 2.43. The second-order valence-corrected chi connectivity index (χ2v) is 6.00. The second-order valence-electron chi connectivity index (χ2n) is 4.74. The predicted octanol–water partition coefficient (Wildman–Crippen LogP) is 2.81. The van der Waals surface area contributed by atoms with Crippen LogP contribution in [0.15, 0.2) is 22.7 Å². The molecule has 1 saturated heterocycles. The molecule has 1 aliphatic rings. The van der Waals surface area contributed by atoms with Crippen LogP contribution in [0.3, 0.4) is 0 Å². The number of nitrogens with zero attached hydrogens (tertiary/aromatic N) is 2. The summed E-state index contributed by atoms with van der Waals surface area (Å²) in [6.45, 7) is 6.83. The van der Waals surface area contributed by atoms with Crippen molar-refractivity contribution in [3.05, 3.63) is 33.3 Å². The molecule has 1 heterocycles. The van der Waals surface area contributed by atoms with Gasteiger partial charge in [0.25, 0.3) is 0 Å². The lowest BCUT2D eigenvalue weighted by Gasteiger charge is -2.34. The number of carbonyl (C=O) groups is 1. The molecule has 0 atom stereocenters. The maximum absolute atomic E-state index is 12.2. The lowest BCUT2D eigenvalue weighted by Crippen LogP contribution is -2.48. The molecule has 0 aromatic heterocycles. The zero-order valence-electron chi connectivity index (χ0n) is 11.0. The van der Waals surface area contributed by atoms with Gasteiger partial charge in [-0.3, -0.25) is 4.79 Å². The van der Waals surface area contributed by atoms with Gasteiger partial charge in [-0.25, -0.2) is 0 Å². The standard InChI is InChI=1S/C14H18BrClN2O/c1-2-17-5-7-18(8-6-17)14(19)10-11-3-4-12(15)13(16)9-11/h3-4,9H,2,5-8,10H2,1H3. The van der Waals surface area contributed by atoms with Crippen LogP contribution in [0.25, 0.3) is 0 Å². The van der Waals surface area contributed by atoms with Crippen LogP contribution in [-0.2, 0) is 11.2 Å². The Kier molecular flexibility index (Phi) is 5.25. The summed E-state index contributed by atoms with van der Waals surface area (Å²) >= 11 is 9.40. The first kappa shape index (κ1) is 14.8. The second kappa shape index (κ2) is 6.73. The van der Waals surface area contributed by atoms with Gasteiger partial charge in [-0.2, -0.15) is 0 Å². The van der Waals surface area contributed by atoms with Crippen molar-refractivity contribution in [1.82, 2.24) is 9.80 Å². The van der Waals surface area contributed by atoms with Gasteiger partial charge in [0.05, 0.1) is 11.4 Å². The number of hydrogen-bond donors (Lipinski definition) is 0. The molecule has 5 heteroatoms. The van der Waals surface area contributed by atoms with Crippen LogP contribution in [0.5, 0.6) is 0 Å². The molecule has 2 rings (SSSR count). The molecule has 0 radical (unpaired) electrons. The molecule has 1 amide bonds. The summed E-state index contributed by atoms with van der Waals surface area (Å²) in [6, 6.07) is 5.68. The molecule has 0 spiro atoms. The van der Waals surface area contributed by atoms with Crippen LogP contribution in [0.4, 0.5) is 0 Å². The molecular formula is C14H18BrClN2O. The van der Waals surface area contributed by atoms with Gasteiger partial charge in [0, 0.05) is 30.7 Å². The van der Waals surface area contributed by atoms with Gasteiger partial charge in [0.15, 0.2) is 0 Å². The molecule has 0 unspecified atom stereocenters. The highest BCUT2D eigenvalue weighted by Gasteiger charge is 2.20. The minimum absolute atomic E-state index is 0.189. The fourth-order valence-corrected chi connectivity index (χ4v) is 2.70. The van der Waals surface area contributed by atoms with E-state index in [1.807, 2.05) is 23.1 Å². The van der Waals surface area contributed by atoms with Gasteiger partial charge in [-0.15, -0.1) is 0 Å². The number of halogens is 2. The number of piperazine rings is 1. The Morgan fingerprint density at radius 2 is 2.00 bits per heavy atom. The summed E-state index contributed by atoms with van der Waals surface area (Å²) in [4.78, 5) is 16.5. The van der Waals surface area contributed by atoms with Crippen molar-refractivity contribution in [3.63, 3.8) is 0 Å². The van der Waals surface area contributed by atoms with Gasteiger partial charge < -0.3 is 9.80 Å². The Bertz CT molecular complexity index is 459. The number of hydrogen-bond acceptors (Lipinski definition) is 2. The maximum atomic E-state index is 12.2. The first-order valence-corrected chi connectivity index (χ1v) is 7.71. The maximum Gasteiger partial charge on any atom is 0.227 e. The molecule has 0 saturated carbocycles. The van der Waals surface area contributed by atoms with Gasteiger partial charge in [0.2, 0.25) is 5.91 Å². The van der Waals surface area contributed by atoms with Crippen LogP contribution in [0.2, 0.25) is 5.02 Å². The fourth-order valence-electron chi connectivity index (χ4n) is 2.25. The van der Waals surface area contributed by atoms with Crippen molar-refractivity contribution in [1.29, 1.82) is 0 Å². The highest BCUT2D eigenvalue weighted by Crippen LogP contribution is 2.23. The minimum atomic E-state index is 0.189. The molecule has 1 aliphatic heterocycles. The molecule has 1 aromatic rings. The number of rotatable bonds is 3. The fraction of sp³-hybridized carbons (Fsp3) is 0.500. The minimum Gasteiger partial charge on any atom is -0.340 e. The number of amides is 1. The van der Waals surface area contributed by atoms with E-state index in [4.69, 9.17) is 11.6 Å². The van der Waals surface area contributed by atoms with E-state index >= 15 is 0 Å². The monoisotopic (exact) mass is 344 g/mol. The third kappa shape index (κ3) is 3.94. The van der Waals surface area contributed by atoms with E-state index in [1.54, 1.807) is 0 Å². The summed E-state index contributed by atoms with van der Waals surface area (Å²) in [5.74, 6) is 0.189. The quantitative estimate of drug-likeness (QED) is 0.841.